The molecule has 0 saturated heterocycles. The third-order valence-electron chi connectivity index (χ3n) is 2.07. The minimum atomic E-state index is -1.96. The predicted molar refractivity (Wildman–Crippen MR) is 37.5 cm³/mol. The first-order valence-electron chi connectivity index (χ1n) is 3.62. The average Bonchev–Trinajstić information content (AvgIpc) is 1.97. The lowest BCUT2D eigenvalue weighted by molar-refractivity contribution is -0.167. The Labute approximate surface area is 68.6 Å². The molecule has 1 aliphatic rings. The quantitative estimate of drug-likeness (QED) is 0.469. The lowest BCUT2D eigenvalue weighted by atomic mass is 9.83. The molecule has 0 amide bonds. The fraction of sp³-hybridized carbons (Fsp3) is 0.714. The number of aliphatic hydroxyl groups is 2. The summed E-state index contributed by atoms with van der Waals surface area (Å²) in [4.78, 5) is 21.3. The number of hydrogen-bond donors (Lipinski definition) is 3. The molecule has 0 aliphatic heterocycles. The van der Waals surface area contributed by atoms with Gasteiger partial charge < -0.3 is 15.3 Å². The first-order chi connectivity index (χ1) is 5.46. The van der Waals surface area contributed by atoms with Gasteiger partial charge in [0.1, 0.15) is 6.10 Å². The third kappa shape index (κ3) is 1.46. The van der Waals surface area contributed by atoms with E-state index in [9.17, 15) is 14.7 Å². The molecule has 5 nitrogen and oxygen atoms in total. The number of hydrogen-bond acceptors (Lipinski definition) is 4. The zero-order chi connectivity index (χ0) is 9.35. The first kappa shape index (κ1) is 9.15. The van der Waals surface area contributed by atoms with Crippen LogP contribution in [0.25, 0.3) is 0 Å². The summed E-state index contributed by atoms with van der Waals surface area (Å²) < 4.78 is 0. The number of carboxylic acids is 1. The first-order valence-corrected chi connectivity index (χ1v) is 3.62. The number of carboxylic acid groups (broad SMARTS) is 1. The van der Waals surface area contributed by atoms with Gasteiger partial charge in [-0.1, -0.05) is 0 Å². The van der Waals surface area contributed by atoms with Crippen LogP contribution in [0.4, 0.5) is 0 Å². The van der Waals surface area contributed by atoms with Crippen LogP contribution in [-0.4, -0.2) is 38.8 Å². The lowest BCUT2D eigenvalue weighted by Crippen LogP contribution is -2.47. The van der Waals surface area contributed by atoms with Crippen molar-refractivity contribution in [3.63, 3.8) is 0 Å². The van der Waals surface area contributed by atoms with Gasteiger partial charge in [0.2, 0.25) is 0 Å². The van der Waals surface area contributed by atoms with Gasteiger partial charge in [-0.25, -0.2) is 4.79 Å². The van der Waals surface area contributed by atoms with Crippen LogP contribution >= 0.6 is 0 Å². The fourth-order valence-electron chi connectivity index (χ4n) is 1.21. The van der Waals surface area contributed by atoms with Crippen LogP contribution in [0.1, 0.15) is 19.3 Å². The molecule has 1 rings (SSSR count). The molecule has 0 spiro atoms. The normalized spacial score (nSPS) is 36.5. The Morgan fingerprint density at radius 1 is 1.58 bits per heavy atom. The molecule has 12 heavy (non-hydrogen) atoms. The van der Waals surface area contributed by atoms with Crippen LogP contribution in [0.5, 0.6) is 0 Å². The SMILES string of the molecule is O=C1C[C@@](O)(C(=O)O)CC[C@@H]1O. The summed E-state index contributed by atoms with van der Waals surface area (Å²) in [6, 6.07) is 0. The summed E-state index contributed by atoms with van der Waals surface area (Å²) in [5.41, 5.74) is -1.96. The van der Waals surface area contributed by atoms with Crippen molar-refractivity contribution < 1.29 is 24.9 Å². The van der Waals surface area contributed by atoms with E-state index in [1.165, 1.54) is 0 Å². The van der Waals surface area contributed by atoms with Gasteiger partial charge in [-0.05, 0) is 12.8 Å². The minimum Gasteiger partial charge on any atom is -0.479 e. The largest absolute Gasteiger partial charge is 0.479 e. The van der Waals surface area contributed by atoms with Gasteiger partial charge in [-0.3, -0.25) is 4.79 Å². The molecule has 0 bridgehead atoms. The van der Waals surface area contributed by atoms with Gasteiger partial charge in [-0.2, -0.15) is 0 Å². The van der Waals surface area contributed by atoms with E-state index in [-0.39, 0.29) is 12.8 Å². The summed E-state index contributed by atoms with van der Waals surface area (Å²) in [6.07, 6.45) is -1.66. The Hall–Kier alpha value is -0.940. The summed E-state index contributed by atoms with van der Waals surface area (Å²) in [6.45, 7) is 0. The maximum atomic E-state index is 10.8. The van der Waals surface area contributed by atoms with E-state index in [1.807, 2.05) is 0 Å². The zero-order valence-electron chi connectivity index (χ0n) is 6.36. The average molecular weight is 174 g/mol. The Kier molecular flexibility index (Phi) is 2.16. The number of ketones is 1. The zero-order valence-corrected chi connectivity index (χ0v) is 6.36. The predicted octanol–water partition coefficient (Wildman–Crippen LogP) is -1.08. The van der Waals surface area contributed by atoms with E-state index in [0.29, 0.717) is 0 Å². The third-order valence-corrected chi connectivity index (χ3v) is 2.07. The molecule has 0 unspecified atom stereocenters. The monoisotopic (exact) mass is 174 g/mol. The molecule has 1 fully saturated rings. The van der Waals surface area contributed by atoms with Gasteiger partial charge in [0, 0.05) is 6.42 Å². The molecule has 5 heteroatoms. The number of rotatable bonds is 1. The summed E-state index contributed by atoms with van der Waals surface area (Å²) in [5, 5.41) is 26.8. The van der Waals surface area contributed by atoms with Crippen LogP contribution in [0.2, 0.25) is 0 Å². The highest BCUT2D eigenvalue weighted by Crippen LogP contribution is 2.26. The van der Waals surface area contributed by atoms with E-state index in [4.69, 9.17) is 10.2 Å². The van der Waals surface area contributed by atoms with Crippen molar-refractivity contribution in [1.82, 2.24) is 0 Å². The fourth-order valence-corrected chi connectivity index (χ4v) is 1.21. The van der Waals surface area contributed by atoms with E-state index in [2.05, 4.69) is 0 Å². The van der Waals surface area contributed by atoms with Crippen LogP contribution in [0, 0.1) is 0 Å². The second kappa shape index (κ2) is 2.84. The molecular weight excluding hydrogens is 164 g/mol. The highest BCUT2D eigenvalue weighted by atomic mass is 16.4. The number of aliphatic hydroxyl groups excluding tert-OH is 1. The summed E-state index contributed by atoms with van der Waals surface area (Å²) in [5.74, 6) is -2.01. The summed E-state index contributed by atoms with van der Waals surface area (Å²) in [7, 11) is 0. The number of Topliss-reactive ketones (excluding diaryl/α,β-unsaturated/α-hetero) is 1. The standard InChI is InChI=1S/C7H10O5/c8-4-1-2-7(12,6(10)11)3-5(4)9/h4,8,12H,1-3H2,(H,10,11)/t4-,7+/m0/s1. The van der Waals surface area contributed by atoms with E-state index >= 15 is 0 Å². The van der Waals surface area contributed by atoms with E-state index in [1.54, 1.807) is 0 Å². The second-order valence-electron chi connectivity index (χ2n) is 3.03. The smallest absolute Gasteiger partial charge is 0.336 e. The van der Waals surface area contributed by atoms with Gasteiger partial charge >= 0.3 is 5.97 Å². The van der Waals surface area contributed by atoms with Crippen LogP contribution in [-0.2, 0) is 9.59 Å². The lowest BCUT2D eigenvalue weighted by Gasteiger charge is -2.28. The molecule has 0 heterocycles. The van der Waals surface area contributed by atoms with Crippen LogP contribution in [0.3, 0.4) is 0 Å². The second-order valence-corrected chi connectivity index (χ2v) is 3.03. The van der Waals surface area contributed by atoms with E-state index < -0.39 is 29.9 Å². The highest BCUT2D eigenvalue weighted by Gasteiger charge is 2.43. The molecule has 0 aromatic rings. The Bertz CT molecular complexity index is 224. The van der Waals surface area contributed by atoms with Crippen molar-refractivity contribution >= 4 is 11.8 Å². The molecule has 68 valence electrons. The summed E-state index contributed by atoms with van der Waals surface area (Å²) >= 11 is 0. The van der Waals surface area contributed by atoms with E-state index in [0.717, 1.165) is 0 Å². The van der Waals surface area contributed by atoms with Gasteiger partial charge in [0.25, 0.3) is 0 Å². The topological polar surface area (TPSA) is 94.8 Å². The minimum absolute atomic E-state index is 0.0155. The van der Waals surface area contributed by atoms with Crippen molar-refractivity contribution in [3.8, 4) is 0 Å². The Morgan fingerprint density at radius 2 is 2.17 bits per heavy atom. The molecular formula is C7H10O5. The number of aliphatic carboxylic acids is 1. The molecule has 0 aromatic heterocycles. The Morgan fingerprint density at radius 3 is 2.58 bits per heavy atom. The number of carbonyl (C=O) groups excluding carboxylic acids is 1. The van der Waals surface area contributed by atoms with Crippen molar-refractivity contribution in [3.05, 3.63) is 0 Å². The van der Waals surface area contributed by atoms with Crippen molar-refractivity contribution in [2.45, 2.75) is 31.0 Å². The maximum Gasteiger partial charge on any atom is 0.336 e. The molecule has 2 atom stereocenters. The molecule has 0 radical (unpaired) electrons. The van der Waals surface area contributed by atoms with Crippen LogP contribution < -0.4 is 0 Å². The van der Waals surface area contributed by atoms with Gasteiger partial charge in [0.15, 0.2) is 11.4 Å². The van der Waals surface area contributed by atoms with Gasteiger partial charge in [-0.15, -0.1) is 0 Å². The van der Waals surface area contributed by atoms with Crippen molar-refractivity contribution in [2.75, 3.05) is 0 Å². The molecule has 1 saturated carbocycles. The van der Waals surface area contributed by atoms with Gasteiger partial charge in [0.05, 0.1) is 0 Å². The molecule has 1 aliphatic carbocycles. The molecule has 0 aromatic carbocycles. The maximum absolute atomic E-state index is 10.8. The number of carbonyl (C=O) groups is 2. The van der Waals surface area contributed by atoms with Crippen LogP contribution in [0.15, 0.2) is 0 Å². The highest BCUT2D eigenvalue weighted by molar-refractivity contribution is 5.91. The Balaban J connectivity index is 2.73. The van der Waals surface area contributed by atoms with Crippen molar-refractivity contribution in [1.29, 1.82) is 0 Å². The van der Waals surface area contributed by atoms with Crippen molar-refractivity contribution in [2.24, 2.45) is 0 Å². The molecule has 3 N–H and O–H groups in total.